The minimum Gasteiger partial charge on any atom is -0.494 e. The van der Waals surface area contributed by atoms with Crippen molar-refractivity contribution in [3.63, 3.8) is 0 Å². The van der Waals surface area contributed by atoms with Crippen LogP contribution in [-0.2, 0) is 0 Å². The molecule has 0 aliphatic carbocycles. The number of aliphatic hydroxyl groups is 1. The Bertz CT molecular complexity index is 549. The van der Waals surface area contributed by atoms with E-state index < -0.39 is 6.10 Å². The molecule has 3 N–H and O–H groups in total. The molecule has 3 heteroatoms. The summed E-state index contributed by atoms with van der Waals surface area (Å²) in [7, 11) is 0. The maximum Gasteiger partial charge on any atom is 0.119 e. The van der Waals surface area contributed by atoms with Crippen LogP contribution in [0.1, 0.15) is 29.7 Å². The van der Waals surface area contributed by atoms with Gasteiger partial charge in [-0.1, -0.05) is 24.3 Å². The van der Waals surface area contributed by atoms with E-state index in [4.69, 9.17) is 10.5 Å². The molecule has 2 aromatic rings. The number of aliphatic hydroxyl groups excluding tert-OH is 1. The molecule has 0 bridgehead atoms. The predicted octanol–water partition coefficient (Wildman–Crippen LogP) is 3.06. The van der Waals surface area contributed by atoms with Gasteiger partial charge in [0.05, 0.1) is 6.61 Å². The lowest BCUT2D eigenvalue weighted by molar-refractivity contribution is 0.220. The van der Waals surface area contributed by atoms with Crippen molar-refractivity contribution < 1.29 is 9.84 Å². The second kappa shape index (κ2) is 5.76. The van der Waals surface area contributed by atoms with Crippen molar-refractivity contribution >= 4 is 5.69 Å². The van der Waals surface area contributed by atoms with Crippen molar-refractivity contribution in [1.82, 2.24) is 0 Å². The number of aryl methyl sites for hydroxylation is 1. The molecule has 0 saturated heterocycles. The van der Waals surface area contributed by atoms with Crippen molar-refractivity contribution in [3.05, 3.63) is 59.2 Å². The summed E-state index contributed by atoms with van der Waals surface area (Å²) in [6.07, 6.45) is -0.644. The molecule has 1 atom stereocenters. The van der Waals surface area contributed by atoms with E-state index in [1.54, 1.807) is 0 Å². The molecule has 2 rings (SSSR count). The van der Waals surface area contributed by atoms with Crippen molar-refractivity contribution in [2.45, 2.75) is 20.0 Å². The third-order valence-corrected chi connectivity index (χ3v) is 3.12. The number of nitrogen functional groups attached to an aromatic ring is 1. The highest BCUT2D eigenvalue weighted by atomic mass is 16.5. The summed E-state index contributed by atoms with van der Waals surface area (Å²) in [5.41, 5.74) is 9.18. The maximum absolute atomic E-state index is 10.3. The Kier molecular flexibility index (Phi) is 4.07. The molecule has 100 valence electrons. The summed E-state index contributed by atoms with van der Waals surface area (Å²) in [4.78, 5) is 0. The van der Waals surface area contributed by atoms with Gasteiger partial charge in [-0.05, 0) is 48.7 Å². The Labute approximate surface area is 113 Å². The van der Waals surface area contributed by atoms with E-state index >= 15 is 0 Å². The lowest BCUT2D eigenvalue weighted by Gasteiger charge is -2.13. The van der Waals surface area contributed by atoms with Crippen LogP contribution >= 0.6 is 0 Å². The van der Waals surface area contributed by atoms with Crippen LogP contribution in [0, 0.1) is 6.92 Å². The van der Waals surface area contributed by atoms with Crippen molar-refractivity contribution in [3.8, 4) is 5.75 Å². The van der Waals surface area contributed by atoms with Gasteiger partial charge >= 0.3 is 0 Å². The van der Waals surface area contributed by atoms with Crippen LogP contribution in [-0.4, -0.2) is 11.7 Å². The molecule has 0 spiro atoms. The van der Waals surface area contributed by atoms with Gasteiger partial charge in [-0.3, -0.25) is 0 Å². The summed E-state index contributed by atoms with van der Waals surface area (Å²) in [6.45, 7) is 4.52. The summed E-state index contributed by atoms with van der Waals surface area (Å²) >= 11 is 0. The molecule has 0 aliphatic heterocycles. The molecular formula is C16H19NO2. The zero-order valence-electron chi connectivity index (χ0n) is 11.3. The number of nitrogens with two attached hydrogens (primary N) is 1. The Balaban J connectivity index is 2.22. The fourth-order valence-electron chi connectivity index (χ4n) is 1.97. The molecule has 19 heavy (non-hydrogen) atoms. The van der Waals surface area contributed by atoms with Crippen molar-refractivity contribution in [2.75, 3.05) is 12.3 Å². The van der Waals surface area contributed by atoms with Gasteiger partial charge in [0.1, 0.15) is 11.9 Å². The molecule has 0 amide bonds. The maximum atomic E-state index is 10.3. The number of ether oxygens (including phenoxy) is 1. The van der Waals surface area contributed by atoms with Gasteiger partial charge in [0.15, 0.2) is 0 Å². The highest BCUT2D eigenvalue weighted by Crippen LogP contribution is 2.26. The molecule has 0 radical (unpaired) electrons. The minimum atomic E-state index is -0.644. The average Bonchev–Trinajstić information content (AvgIpc) is 2.42. The Morgan fingerprint density at radius 2 is 1.74 bits per heavy atom. The quantitative estimate of drug-likeness (QED) is 0.828. The lowest BCUT2D eigenvalue weighted by Crippen LogP contribution is -2.01. The van der Waals surface area contributed by atoms with Gasteiger partial charge < -0.3 is 15.6 Å². The molecule has 3 nitrogen and oxygen atoms in total. The van der Waals surface area contributed by atoms with E-state index in [9.17, 15) is 5.11 Å². The molecule has 0 aromatic heterocycles. The van der Waals surface area contributed by atoms with Gasteiger partial charge in [0, 0.05) is 5.69 Å². The highest BCUT2D eigenvalue weighted by Gasteiger charge is 2.11. The Morgan fingerprint density at radius 1 is 1.11 bits per heavy atom. The van der Waals surface area contributed by atoms with Gasteiger partial charge in [0.2, 0.25) is 0 Å². The summed E-state index contributed by atoms with van der Waals surface area (Å²) in [5.74, 6) is 0.812. The van der Waals surface area contributed by atoms with Crippen LogP contribution in [0.2, 0.25) is 0 Å². The second-order valence-electron chi connectivity index (χ2n) is 4.52. The van der Waals surface area contributed by atoms with Gasteiger partial charge in [-0.25, -0.2) is 0 Å². The van der Waals surface area contributed by atoms with Crippen LogP contribution in [0.15, 0.2) is 42.5 Å². The summed E-state index contributed by atoms with van der Waals surface area (Å²) in [5, 5.41) is 10.3. The monoisotopic (exact) mass is 257 g/mol. The fourth-order valence-corrected chi connectivity index (χ4v) is 1.97. The molecule has 0 saturated carbocycles. The third kappa shape index (κ3) is 3.06. The van der Waals surface area contributed by atoms with E-state index in [0.29, 0.717) is 6.61 Å². The molecule has 0 heterocycles. The van der Waals surface area contributed by atoms with Crippen LogP contribution in [0.3, 0.4) is 0 Å². The van der Waals surface area contributed by atoms with Gasteiger partial charge in [-0.2, -0.15) is 0 Å². The van der Waals surface area contributed by atoms with Crippen LogP contribution in [0.5, 0.6) is 5.75 Å². The first-order valence-corrected chi connectivity index (χ1v) is 6.38. The average molecular weight is 257 g/mol. The number of anilines is 1. The molecular weight excluding hydrogens is 238 g/mol. The van der Waals surface area contributed by atoms with E-state index in [-0.39, 0.29) is 0 Å². The molecule has 0 unspecified atom stereocenters. The van der Waals surface area contributed by atoms with Crippen molar-refractivity contribution in [2.24, 2.45) is 0 Å². The van der Waals surface area contributed by atoms with Gasteiger partial charge in [-0.15, -0.1) is 0 Å². The first kappa shape index (κ1) is 13.4. The Morgan fingerprint density at radius 3 is 2.32 bits per heavy atom. The molecule has 0 aliphatic rings. The summed E-state index contributed by atoms with van der Waals surface area (Å²) in [6, 6.07) is 13.1. The SMILES string of the molecule is CCOc1ccc([C@H](O)c2ccc(N)c(C)c2)cc1. The lowest BCUT2D eigenvalue weighted by atomic mass is 9.99. The number of benzene rings is 2. The third-order valence-electron chi connectivity index (χ3n) is 3.12. The zero-order valence-corrected chi connectivity index (χ0v) is 11.3. The smallest absolute Gasteiger partial charge is 0.119 e. The predicted molar refractivity (Wildman–Crippen MR) is 77.3 cm³/mol. The first-order chi connectivity index (χ1) is 9.11. The molecule has 0 fully saturated rings. The Hall–Kier alpha value is -2.00. The van der Waals surface area contributed by atoms with Crippen LogP contribution < -0.4 is 10.5 Å². The first-order valence-electron chi connectivity index (χ1n) is 6.38. The largest absolute Gasteiger partial charge is 0.494 e. The summed E-state index contributed by atoms with van der Waals surface area (Å²) < 4.78 is 5.38. The van der Waals surface area contributed by atoms with Crippen LogP contribution in [0.25, 0.3) is 0 Å². The highest BCUT2D eigenvalue weighted by molar-refractivity contribution is 5.49. The van der Waals surface area contributed by atoms with Crippen LogP contribution in [0.4, 0.5) is 5.69 Å². The van der Waals surface area contributed by atoms with E-state index in [1.165, 1.54) is 0 Å². The zero-order chi connectivity index (χ0) is 13.8. The van der Waals surface area contributed by atoms with E-state index in [1.807, 2.05) is 56.3 Å². The number of rotatable bonds is 4. The van der Waals surface area contributed by atoms with E-state index in [0.717, 1.165) is 28.1 Å². The number of hydrogen-bond donors (Lipinski definition) is 2. The fraction of sp³-hybridized carbons (Fsp3) is 0.250. The second-order valence-corrected chi connectivity index (χ2v) is 4.52. The minimum absolute atomic E-state index is 0.638. The standard InChI is InChI=1S/C16H19NO2/c1-3-19-14-7-4-12(5-8-14)16(18)13-6-9-15(17)11(2)10-13/h4-10,16,18H,3,17H2,1-2H3/t16-/m0/s1. The normalized spacial score (nSPS) is 12.2. The van der Waals surface area contributed by atoms with Crippen molar-refractivity contribution in [1.29, 1.82) is 0 Å². The number of hydrogen-bond acceptors (Lipinski definition) is 3. The molecule has 2 aromatic carbocycles. The van der Waals surface area contributed by atoms with E-state index in [2.05, 4.69) is 0 Å². The topological polar surface area (TPSA) is 55.5 Å². The van der Waals surface area contributed by atoms with Gasteiger partial charge in [0.25, 0.3) is 0 Å².